The summed E-state index contributed by atoms with van der Waals surface area (Å²) in [5, 5.41) is 13.6. The summed E-state index contributed by atoms with van der Waals surface area (Å²) in [6, 6.07) is 18.9. The number of benzene rings is 3. The largest absolute Gasteiger partial charge is 0.507 e. The van der Waals surface area contributed by atoms with Crippen molar-refractivity contribution in [3.63, 3.8) is 0 Å². The van der Waals surface area contributed by atoms with Gasteiger partial charge in [-0.2, -0.15) is 0 Å². The lowest BCUT2D eigenvalue weighted by Crippen LogP contribution is -2.17. The fourth-order valence-electron chi connectivity index (χ4n) is 3.09. The number of carbonyl (C=O) groups is 1. The molecular formula is C23H20N2O4S2. The zero-order chi connectivity index (χ0) is 22.0. The number of aryl methyl sites for hydroxylation is 1. The van der Waals surface area contributed by atoms with Gasteiger partial charge in [0.05, 0.1) is 26.4 Å². The maximum Gasteiger partial charge on any atom is 0.225 e. The highest BCUT2D eigenvalue weighted by atomic mass is 32.2. The minimum absolute atomic E-state index is 0.0546. The summed E-state index contributed by atoms with van der Waals surface area (Å²) in [5.41, 5.74) is 2.77. The summed E-state index contributed by atoms with van der Waals surface area (Å²) in [6.45, 7) is 1.88. The number of aromatic nitrogens is 1. The number of aromatic hydroxyl groups is 1. The normalized spacial score (nSPS) is 11.5. The van der Waals surface area contributed by atoms with Crippen molar-refractivity contribution in [3.05, 3.63) is 72.3 Å². The van der Waals surface area contributed by atoms with E-state index in [4.69, 9.17) is 0 Å². The van der Waals surface area contributed by atoms with E-state index in [1.54, 1.807) is 36.4 Å². The Hall–Kier alpha value is -3.23. The Morgan fingerprint density at radius 1 is 1.06 bits per heavy atom. The summed E-state index contributed by atoms with van der Waals surface area (Å²) in [6.07, 6.45) is -0.173. The molecule has 4 rings (SSSR count). The van der Waals surface area contributed by atoms with Crippen molar-refractivity contribution in [3.8, 4) is 16.3 Å². The maximum atomic E-state index is 12.4. The Balaban J connectivity index is 1.47. The molecule has 0 fully saturated rings. The van der Waals surface area contributed by atoms with E-state index in [2.05, 4.69) is 10.3 Å². The molecule has 0 aliphatic carbocycles. The van der Waals surface area contributed by atoms with Crippen molar-refractivity contribution >= 4 is 43.0 Å². The van der Waals surface area contributed by atoms with Gasteiger partial charge in [0.15, 0.2) is 9.84 Å². The summed E-state index contributed by atoms with van der Waals surface area (Å²) >= 11 is 1.44. The van der Waals surface area contributed by atoms with Gasteiger partial charge in [-0.25, -0.2) is 13.4 Å². The van der Waals surface area contributed by atoms with Gasteiger partial charge in [-0.05, 0) is 49.4 Å². The topological polar surface area (TPSA) is 96.4 Å². The number of thiazole rings is 1. The Bertz CT molecular complexity index is 1330. The number of para-hydroxylation sites is 1. The van der Waals surface area contributed by atoms with Crippen LogP contribution in [-0.4, -0.2) is 30.2 Å². The molecule has 6 nitrogen and oxygen atoms in total. The molecule has 1 amide bonds. The summed E-state index contributed by atoms with van der Waals surface area (Å²) in [4.78, 5) is 17.1. The number of carbonyl (C=O) groups excluding carboxylic acids is 1. The third-order valence-corrected chi connectivity index (χ3v) is 7.58. The molecule has 0 saturated carbocycles. The number of hydrogen-bond acceptors (Lipinski definition) is 6. The van der Waals surface area contributed by atoms with E-state index < -0.39 is 15.7 Å². The lowest BCUT2D eigenvalue weighted by Gasteiger charge is -2.09. The Morgan fingerprint density at radius 3 is 2.55 bits per heavy atom. The first-order chi connectivity index (χ1) is 14.8. The smallest absolute Gasteiger partial charge is 0.225 e. The van der Waals surface area contributed by atoms with Gasteiger partial charge < -0.3 is 10.4 Å². The van der Waals surface area contributed by atoms with Crippen LogP contribution in [-0.2, 0) is 14.6 Å². The van der Waals surface area contributed by atoms with Crippen molar-refractivity contribution in [1.82, 2.24) is 4.98 Å². The van der Waals surface area contributed by atoms with Crippen LogP contribution in [0.3, 0.4) is 0 Å². The Morgan fingerprint density at radius 2 is 1.81 bits per heavy atom. The molecule has 2 N–H and O–H groups in total. The lowest BCUT2D eigenvalue weighted by atomic mass is 10.2. The van der Waals surface area contributed by atoms with Gasteiger partial charge in [0.25, 0.3) is 0 Å². The predicted octanol–water partition coefficient (Wildman–Crippen LogP) is 4.78. The van der Waals surface area contributed by atoms with Crippen LogP contribution in [0, 0.1) is 6.92 Å². The summed E-state index contributed by atoms with van der Waals surface area (Å²) in [7, 11) is -3.55. The summed E-state index contributed by atoms with van der Waals surface area (Å²) in [5.74, 6) is -0.652. The number of anilines is 1. The zero-order valence-corrected chi connectivity index (χ0v) is 18.3. The van der Waals surface area contributed by atoms with E-state index in [1.165, 1.54) is 17.4 Å². The first-order valence-corrected chi connectivity index (χ1v) is 12.1. The maximum absolute atomic E-state index is 12.4. The molecule has 0 bridgehead atoms. The first kappa shape index (κ1) is 21.0. The summed E-state index contributed by atoms with van der Waals surface area (Å²) < 4.78 is 25.9. The van der Waals surface area contributed by atoms with Crippen LogP contribution in [0.25, 0.3) is 20.8 Å². The highest BCUT2D eigenvalue weighted by Gasteiger charge is 2.17. The molecule has 4 aromatic rings. The second-order valence-electron chi connectivity index (χ2n) is 7.15. The van der Waals surface area contributed by atoms with Crippen LogP contribution in [0.4, 0.5) is 5.69 Å². The number of nitrogens with one attached hydrogen (secondary N) is 1. The average Bonchev–Trinajstić information content (AvgIpc) is 3.18. The molecule has 0 aliphatic heterocycles. The molecule has 1 heterocycles. The molecule has 158 valence electrons. The molecule has 31 heavy (non-hydrogen) atoms. The number of sulfone groups is 1. The number of amides is 1. The minimum Gasteiger partial charge on any atom is -0.507 e. The molecule has 3 aromatic carbocycles. The fourth-order valence-corrected chi connectivity index (χ4v) is 5.32. The van der Waals surface area contributed by atoms with Gasteiger partial charge in [0.1, 0.15) is 10.8 Å². The van der Waals surface area contributed by atoms with Crippen molar-refractivity contribution in [2.45, 2.75) is 18.2 Å². The number of hydrogen-bond donors (Lipinski definition) is 2. The predicted molar refractivity (Wildman–Crippen MR) is 123 cm³/mol. The number of nitrogens with zero attached hydrogens (tertiary/aromatic N) is 1. The first-order valence-electron chi connectivity index (χ1n) is 9.60. The van der Waals surface area contributed by atoms with E-state index >= 15 is 0 Å². The Labute approximate surface area is 184 Å². The number of rotatable bonds is 6. The third kappa shape index (κ3) is 4.76. The third-order valence-electron chi connectivity index (χ3n) is 4.78. The SMILES string of the molecule is Cc1ccc(S(=O)(=O)CCC(=O)Nc2ccc(O)c(-c3nc4ccccc4s3)c2)cc1. The van der Waals surface area contributed by atoms with Crippen LogP contribution in [0.15, 0.2) is 71.6 Å². The number of phenols is 1. The van der Waals surface area contributed by atoms with Gasteiger partial charge in [0.2, 0.25) is 5.91 Å². The molecule has 0 radical (unpaired) electrons. The van der Waals surface area contributed by atoms with Crippen LogP contribution in [0.1, 0.15) is 12.0 Å². The quantitative estimate of drug-likeness (QED) is 0.411. The van der Waals surface area contributed by atoms with Gasteiger partial charge in [-0.3, -0.25) is 4.79 Å². The van der Waals surface area contributed by atoms with Gasteiger partial charge >= 0.3 is 0 Å². The fraction of sp³-hybridized carbons (Fsp3) is 0.130. The van der Waals surface area contributed by atoms with Gasteiger partial charge in [-0.15, -0.1) is 11.3 Å². The monoisotopic (exact) mass is 452 g/mol. The number of phenolic OH excluding ortho intramolecular Hbond substituents is 1. The second-order valence-corrected chi connectivity index (χ2v) is 10.3. The van der Waals surface area contributed by atoms with Crippen molar-refractivity contribution in [1.29, 1.82) is 0 Å². The standard InChI is InChI=1S/C23H20N2O4S2/c1-15-6-9-17(10-7-15)31(28,29)13-12-22(27)24-16-8-11-20(26)18(14-16)23-25-19-4-2-3-5-21(19)30-23/h2-11,14,26H,12-13H2,1H3,(H,24,27). The molecule has 0 atom stereocenters. The molecule has 0 saturated heterocycles. The molecule has 0 spiro atoms. The highest BCUT2D eigenvalue weighted by Crippen LogP contribution is 2.36. The van der Waals surface area contributed by atoms with Crippen LogP contribution in [0.2, 0.25) is 0 Å². The second kappa shape index (κ2) is 8.49. The molecule has 1 aromatic heterocycles. The van der Waals surface area contributed by atoms with E-state index in [0.717, 1.165) is 15.8 Å². The van der Waals surface area contributed by atoms with Crippen molar-refractivity contribution in [2.75, 3.05) is 11.1 Å². The van der Waals surface area contributed by atoms with Crippen molar-refractivity contribution < 1.29 is 18.3 Å². The highest BCUT2D eigenvalue weighted by molar-refractivity contribution is 7.91. The van der Waals surface area contributed by atoms with Crippen molar-refractivity contribution in [2.24, 2.45) is 0 Å². The molecule has 8 heteroatoms. The molecule has 0 unspecified atom stereocenters. The van der Waals surface area contributed by atoms with E-state index in [-0.39, 0.29) is 22.8 Å². The van der Waals surface area contributed by atoms with E-state index in [9.17, 15) is 18.3 Å². The Kier molecular flexibility index (Phi) is 5.75. The van der Waals surface area contributed by atoms with Crippen LogP contribution < -0.4 is 5.32 Å². The zero-order valence-electron chi connectivity index (χ0n) is 16.7. The van der Waals surface area contributed by atoms with Gasteiger partial charge in [0, 0.05) is 12.1 Å². The van der Waals surface area contributed by atoms with Crippen LogP contribution in [0.5, 0.6) is 5.75 Å². The van der Waals surface area contributed by atoms with E-state index in [0.29, 0.717) is 16.3 Å². The minimum atomic E-state index is -3.55. The van der Waals surface area contributed by atoms with Gasteiger partial charge in [-0.1, -0.05) is 29.8 Å². The number of fused-ring (bicyclic) bond motifs is 1. The van der Waals surface area contributed by atoms with E-state index in [1.807, 2.05) is 31.2 Å². The molecular weight excluding hydrogens is 432 g/mol. The van der Waals surface area contributed by atoms with Crippen LogP contribution >= 0.6 is 11.3 Å². The average molecular weight is 453 g/mol. The molecule has 0 aliphatic rings. The lowest BCUT2D eigenvalue weighted by molar-refractivity contribution is -0.115.